The average Bonchev–Trinajstić information content (AvgIpc) is 2.36. The Kier molecular flexibility index (Phi) is 5.82. The van der Waals surface area contributed by atoms with Gasteiger partial charge in [-0.2, -0.15) is 26.3 Å². The summed E-state index contributed by atoms with van der Waals surface area (Å²) in [6.45, 7) is -2.43. The second-order valence-corrected chi connectivity index (χ2v) is 5.84. The third-order valence-corrected chi connectivity index (χ3v) is 3.40. The molecule has 5 nitrogen and oxygen atoms in total. The van der Waals surface area contributed by atoms with Gasteiger partial charge in [-0.05, 0) is 18.6 Å². The molecule has 0 amide bonds. The summed E-state index contributed by atoms with van der Waals surface area (Å²) >= 11 is 0. The van der Waals surface area contributed by atoms with Gasteiger partial charge in [-0.3, -0.25) is 14.1 Å². The van der Waals surface area contributed by atoms with Crippen LogP contribution in [0.3, 0.4) is 0 Å². The lowest BCUT2D eigenvalue weighted by Crippen LogP contribution is -2.22. The first-order chi connectivity index (χ1) is 9.89. The van der Waals surface area contributed by atoms with Crippen molar-refractivity contribution in [2.75, 3.05) is 18.3 Å². The normalized spacial score (nSPS) is 13.2. The fourth-order valence-electron chi connectivity index (χ4n) is 1.09. The highest BCUT2D eigenvalue weighted by atomic mass is 31.2. The van der Waals surface area contributed by atoms with Gasteiger partial charge in [0.15, 0.2) is 13.2 Å². The lowest BCUT2D eigenvalue weighted by molar-refractivity contribution is -0.165. The summed E-state index contributed by atoms with van der Waals surface area (Å²) in [5.74, 6) is -0.252. The van der Waals surface area contributed by atoms with Crippen LogP contribution in [0.1, 0.15) is 5.56 Å². The zero-order valence-corrected chi connectivity index (χ0v) is 11.9. The van der Waals surface area contributed by atoms with Crippen LogP contribution in [0.5, 0.6) is 0 Å². The number of pyridine rings is 1. The molecule has 12 heteroatoms. The molecule has 0 saturated carbocycles. The van der Waals surface area contributed by atoms with E-state index in [0.29, 0.717) is 5.56 Å². The van der Waals surface area contributed by atoms with Gasteiger partial charge in [0.1, 0.15) is 5.82 Å². The van der Waals surface area contributed by atoms with Gasteiger partial charge in [0.2, 0.25) is 0 Å². The molecule has 0 unspecified atom stereocenters. The molecular formula is C10H11F6N2O3P. The van der Waals surface area contributed by atoms with E-state index in [2.05, 4.69) is 14.0 Å². The number of aromatic nitrogens is 1. The number of aryl methyl sites for hydroxylation is 1. The first-order valence-electron chi connectivity index (χ1n) is 5.62. The summed E-state index contributed by atoms with van der Waals surface area (Å²) in [6, 6.07) is 2.66. The van der Waals surface area contributed by atoms with Crippen molar-refractivity contribution in [1.82, 2.24) is 4.98 Å². The van der Waals surface area contributed by atoms with Crippen molar-refractivity contribution in [2.45, 2.75) is 19.3 Å². The Balaban J connectivity index is 2.84. The Hall–Kier alpha value is -1.32. The number of hydrogen-bond donors (Lipinski definition) is 1. The van der Waals surface area contributed by atoms with Crippen LogP contribution in [0.4, 0.5) is 32.2 Å². The Bertz CT molecular complexity index is 509. The van der Waals surface area contributed by atoms with E-state index >= 15 is 0 Å². The summed E-state index contributed by atoms with van der Waals surface area (Å²) in [7, 11) is -4.90. The van der Waals surface area contributed by atoms with Gasteiger partial charge in [0.05, 0.1) is 0 Å². The molecule has 0 aliphatic rings. The molecule has 0 aliphatic carbocycles. The lowest BCUT2D eigenvalue weighted by Gasteiger charge is -2.21. The Labute approximate surface area is 121 Å². The molecule has 1 rings (SSSR count). The number of hydrogen-bond acceptors (Lipinski definition) is 4. The van der Waals surface area contributed by atoms with E-state index in [1.54, 1.807) is 6.92 Å². The van der Waals surface area contributed by atoms with Gasteiger partial charge in [0, 0.05) is 6.20 Å². The van der Waals surface area contributed by atoms with Crippen molar-refractivity contribution in [3.05, 3.63) is 23.9 Å². The van der Waals surface area contributed by atoms with E-state index in [4.69, 9.17) is 0 Å². The van der Waals surface area contributed by atoms with Gasteiger partial charge < -0.3 is 0 Å². The summed E-state index contributed by atoms with van der Waals surface area (Å²) in [6.07, 6.45) is -8.51. The molecule has 0 aromatic carbocycles. The fourth-order valence-corrected chi connectivity index (χ4v) is 2.34. The molecule has 0 aliphatic heterocycles. The molecular weight excluding hydrogens is 341 g/mol. The SMILES string of the molecule is Cc1ccc(NP(=O)(OCC(F)(F)F)OCC(F)(F)F)nc1. The zero-order chi connectivity index (χ0) is 17.0. The monoisotopic (exact) mass is 352 g/mol. The number of anilines is 1. The minimum atomic E-state index is -4.90. The van der Waals surface area contributed by atoms with Gasteiger partial charge in [-0.1, -0.05) is 6.07 Å². The number of halogens is 6. The maximum absolute atomic E-state index is 12.1. The Morgan fingerprint density at radius 1 is 1.09 bits per heavy atom. The first kappa shape index (κ1) is 18.7. The van der Waals surface area contributed by atoms with Crippen molar-refractivity contribution < 1.29 is 40.0 Å². The predicted molar refractivity (Wildman–Crippen MR) is 64.2 cm³/mol. The van der Waals surface area contributed by atoms with Crippen molar-refractivity contribution in [3.63, 3.8) is 0 Å². The van der Waals surface area contributed by atoms with E-state index in [1.807, 2.05) is 5.09 Å². The Morgan fingerprint density at radius 3 is 1.95 bits per heavy atom. The first-order valence-corrected chi connectivity index (χ1v) is 7.16. The molecule has 1 aromatic heterocycles. The summed E-state index contributed by atoms with van der Waals surface area (Å²) in [5.41, 5.74) is 0.674. The van der Waals surface area contributed by atoms with Crippen LogP contribution in [0.15, 0.2) is 18.3 Å². The van der Waals surface area contributed by atoms with E-state index in [9.17, 15) is 30.9 Å². The van der Waals surface area contributed by atoms with Gasteiger partial charge in [-0.15, -0.1) is 0 Å². The number of nitrogens with zero attached hydrogens (tertiary/aromatic N) is 1. The van der Waals surface area contributed by atoms with E-state index in [0.717, 1.165) is 0 Å². The smallest absolute Gasteiger partial charge is 0.283 e. The highest BCUT2D eigenvalue weighted by Crippen LogP contribution is 2.49. The van der Waals surface area contributed by atoms with Crippen LogP contribution < -0.4 is 5.09 Å². The molecule has 0 spiro atoms. The third-order valence-electron chi connectivity index (χ3n) is 1.96. The molecule has 0 saturated heterocycles. The highest BCUT2D eigenvalue weighted by Gasteiger charge is 2.39. The van der Waals surface area contributed by atoms with Crippen LogP contribution in [0, 0.1) is 6.92 Å². The molecule has 0 radical (unpaired) electrons. The largest absolute Gasteiger partial charge is 0.434 e. The number of rotatable bonds is 6. The molecule has 22 heavy (non-hydrogen) atoms. The van der Waals surface area contributed by atoms with E-state index < -0.39 is 33.3 Å². The summed E-state index contributed by atoms with van der Waals surface area (Å²) in [5, 5.41) is 1.83. The Morgan fingerprint density at radius 2 is 1.59 bits per heavy atom. The molecule has 1 heterocycles. The minimum Gasteiger partial charge on any atom is -0.283 e. The molecule has 126 valence electrons. The highest BCUT2D eigenvalue weighted by molar-refractivity contribution is 7.55. The van der Waals surface area contributed by atoms with E-state index in [1.165, 1.54) is 18.3 Å². The summed E-state index contributed by atoms with van der Waals surface area (Å²) < 4.78 is 92.4. The van der Waals surface area contributed by atoms with E-state index in [-0.39, 0.29) is 5.82 Å². The van der Waals surface area contributed by atoms with Crippen molar-refractivity contribution in [2.24, 2.45) is 0 Å². The van der Waals surface area contributed by atoms with Crippen molar-refractivity contribution in [3.8, 4) is 0 Å². The van der Waals surface area contributed by atoms with Crippen LogP contribution in [0.25, 0.3) is 0 Å². The van der Waals surface area contributed by atoms with Crippen molar-refractivity contribution >= 4 is 13.6 Å². The maximum Gasteiger partial charge on any atom is 0.434 e. The molecule has 1 N–H and O–H groups in total. The zero-order valence-electron chi connectivity index (χ0n) is 11.0. The predicted octanol–water partition coefficient (Wildman–Crippen LogP) is 4.07. The quantitative estimate of drug-likeness (QED) is 0.618. The van der Waals surface area contributed by atoms with Gasteiger partial charge in [-0.25, -0.2) is 9.55 Å². The second-order valence-electron chi connectivity index (χ2n) is 4.11. The standard InChI is InChI=1S/C10H11F6N2O3P/c1-7-2-3-8(17-4-7)18-22(19,20-5-9(11,12)13)21-6-10(14,15)16/h2-4H,5-6H2,1H3,(H,17,18,19). The van der Waals surface area contributed by atoms with Gasteiger partial charge in [0.25, 0.3) is 0 Å². The third kappa shape index (κ3) is 7.62. The number of nitrogens with one attached hydrogen (secondary N) is 1. The van der Waals surface area contributed by atoms with Crippen LogP contribution in [0.2, 0.25) is 0 Å². The van der Waals surface area contributed by atoms with Crippen LogP contribution in [-0.4, -0.2) is 30.6 Å². The van der Waals surface area contributed by atoms with Gasteiger partial charge >= 0.3 is 20.1 Å². The van der Waals surface area contributed by atoms with Crippen LogP contribution >= 0.6 is 7.75 Å². The molecule has 1 aromatic rings. The fraction of sp³-hybridized carbons (Fsp3) is 0.500. The lowest BCUT2D eigenvalue weighted by atomic mass is 10.3. The molecule has 0 atom stereocenters. The second kappa shape index (κ2) is 6.84. The molecule has 0 fully saturated rings. The topological polar surface area (TPSA) is 60.5 Å². The number of alkyl halides is 6. The summed E-state index contributed by atoms with van der Waals surface area (Å²) in [4.78, 5) is 3.65. The average molecular weight is 352 g/mol. The van der Waals surface area contributed by atoms with Crippen LogP contribution in [-0.2, 0) is 13.6 Å². The molecule has 0 bridgehead atoms. The minimum absolute atomic E-state index is 0.252. The van der Waals surface area contributed by atoms with Crippen molar-refractivity contribution in [1.29, 1.82) is 0 Å². The maximum atomic E-state index is 12.1.